The molecule has 5 heterocycles. The summed E-state index contributed by atoms with van der Waals surface area (Å²) in [6, 6.07) is 4.04. The Bertz CT molecular complexity index is 1000. The van der Waals surface area contributed by atoms with E-state index in [-0.39, 0.29) is 0 Å². The zero-order valence-electron chi connectivity index (χ0n) is 15.9. The molecule has 7 nitrogen and oxygen atoms in total. The van der Waals surface area contributed by atoms with E-state index < -0.39 is 0 Å². The highest BCUT2D eigenvalue weighted by atomic mass is 15.3. The van der Waals surface area contributed by atoms with Crippen molar-refractivity contribution in [3.05, 3.63) is 41.7 Å². The summed E-state index contributed by atoms with van der Waals surface area (Å²) in [5, 5.41) is 1.04. The first-order valence-corrected chi connectivity index (χ1v) is 9.47. The van der Waals surface area contributed by atoms with E-state index in [1.165, 1.54) is 5.56 Å². The Labute approximate surface area is 158 Å². The van der Waals surface area contributed by atoms with Crippen LogP contribution in [0, 0.1) is 32.6 Å². The summed E-state index contributed by atoms with van der Waals surface area (Å²) in [7, 11) is 0. The number of hydrogen-bond donors (Lipinski definition) is 0. The Morgan fingerprint density at radius 3 is 2.30 bits per heavy atom. The van der Waals surface area contributed by atoms with Crippen LogP contribution in [0.5, 0.6) is 0 Å². The van der Waals surface area contributed by atoms with Gasteiger partial charge >= 0.3 is 0 Å². The summed E-state index contributed by atoms with van der Waals surface area (Å²) in [5.41, 5.74) is 3.04. The molecule has 0 aromatic carbocycles. The summed E-state index contributed by atoms with van der Waals surface area (Å²) >= 11 is 0. The quantitative estimate of drug-likeness (QED) is 0.693. The molecule has 0 N–H and O–H groups in total. The Morgan fingerprint density at radius 1 is 0.852 bits per heavy atom. The molecule has 138 valence electrons. The van der Waals surface area contributed by atoms with Crippen molar-refractivity contribution in [2.45, 2.75) is 20.8 Å². The maximum Gasteiger partial charge on any atom is 0.164 e. The third-order valence-electron chi connectivity index (χ3n) is 5.96. The van der Waals surface area contributed by atoms with E-state index in [1.807, 2.05) is 13.0 Å². The van der Waals surface area contributed by atoms with Crippen LogP contribution in [0.1, 0.15) is 17.1 Å². The number of fused-ring (bicyclic) bond motifs is 2. The SMILES string of the molecule is Cc1nc(N2CC3CN(c4ncnc(C)c4C)CC3C2)c2cccnc2n1. The fraction of sp³-hybridized carbons (Fsp3) is 0.450. The first-order chi connectivity index (χ1) is 13.1. The molecular formula is C20H23N7. The van der Waals surface area contributed by atoms with Gasteiger partial charge in [-0.2, -0.15) is 0 Å². The second kappa shape index (κ2) is 6.11. The van der Waals surface area contributed by atoms with Crippen molar-refractivity contribution in [2.24, 2.45) is 11.8 Å². The van der Waals surface area contributed by atoms with Gasteiger partial charge in [0.15, 0.2) is 5.65 Å². The minimum Gasteiger partial charge on any atom is -0.356 e. The average Bonchev–Trinajstić information content (AvgIpc) is 3.22. The zero-order chi connectivity index (χ0) is 18.5. The molecule has 0 radical (unpaired) electrons. The number of hydrogen-bond acceptors (Lipinski definition) is 7. The Balaban J connectivity index is 1.40. The lowest BCUT2D eigenvalue weighted by Gasteiger charge is -2.25. The molecule has 27 heavy (non-hydrogen) atoms. The summed E-state index contributed by atoms with van der Waals surface area (Å²) in [6.07, 6.45) is 3.47. The highest BCUT2D eigenvalue weighted by molar-refractivity contribution is 5.87. The smallest absolute Gasteiger partial charge is 0.164 e. The molecule has 2 aliphatic rings. The van der Waals surface area contributed by atoms with E-state index >= 15 is 0 Å². The number of aryl methyl sites for hydroxylation is 2. The zero-order valence-corrected chi connectivity index (χ0v) is 15.9. The second-order valence-corrected chi connectivity index (χ2v) is 7.71. The second-order valence-electron chi connectivity index (χ2n) is 7.71. The van der Waals surface area contributed by atoms with Crippen LogP contribution in [-0.4, -0.2) is 51.1 Å². The van der Waals surface area contributed by atoms with E-state index in [0.29, 0.717) is 11.8 Å². The van der Waals surface area contributed by atoms with Crippen molar-refractivity contribution in [1.29, 1.82) is 0 Å². The molecule has 2 unspecified atom stereocenters. The van der Waals surface area contributed by atoms with E-state index in [2.05, 4.69) is 49.6 Å². The van der Waals surface area contributed by atoms with Crippen molar-refractivity contribution in [3.63, 3.8) is 0 Å². The average molecular weight is 361 g/mol. The number of nitrogens with zero attached hydrogens (tertiary/aromatic N) is 7. The molecule has 5 rings (SSSR count). The maximum absolute atomic E-state index is 4.75. The van der Waals surface area contributed by atoms with Crippen LogP contribution in [0.4, 0.5) is 11.6 Å². The highest BCUT2D eigenvalue weighted by Gasteiger charge is 2.41. The summed E-state index contributed by atoms with van der Waals surface area (Å²) in [5.74, 6) is 4.15. The Hall–Kier alpha value is -2.83. The molecule has 2 fully saturated rings. The van der Waals surface area contributed by atoms with E-state index in [1.54, 1.807) is 12.5 Å². The van der Waals surface area contributed by atoms with Crippen LogP contribution in [0.15, 0.2) is 24.7 Å². The monoisotopic (exact) mass is 361 g/mol. The van der Waals surface area contributed by atoms with Gasteiger partial charge < -0.3 is 9.80 Å². The molecule has 0 bridgehead atoms. The lowest BCUT2D eigenvalue weighted by atomic mass is 10.0. The van der Waals surface area contributed by atoms with Crippen molar-refractivity contribution < 1.29 is 0 Å². The molecule has 2 aliphatic heterocycles. The van der Waals surface area contributed by atoms with Gasteiger partial charge in [-0.15, -0.1) is 0 Å². The highest BCUT2D eigenvalue weighted by Crippen LogP contribution is 2.37. The summed E-state index contributed by atoms with van der Waals surface area (Å²) in [4.78, 5) is 27.4. The van der Waals surface area contributed by atoms with Crippen molar-refractivity contribution >= 4 is 22.7 Å². The molecule has 0 spiro atoms. The van der Waals surface area contributed by atoms with Crippen LogP contribution in [0.25, 0.3) is 11.0 Å². The number of pyridine rings is 1. The largest absolute Gasteiger partial charge is 0.356 e. The van der Waals surface area contributed by atoms with Gasteiger partial charge in [-0.3, -0.25) is 0 Å². The molecule has 3 aromatic rings. The Kier molecular flexibility index (Phi) is 3.70. The maximum atomic E-state index is 4.75. The fourth-order valence-corrected chi connectivity index (χ4v) is 4.48. The molecule has 2 atom stereocenters. The standard InChI is InChI=1S/C20H23N7/c1-12-13(2)22-11-23-19(12)26-7-15-9-27(10-16(15)8-26)20-17-5-4-6-21-18(17)24-14(3)25-20/h4-6,11,15-16H,7-10H2,1-3H3. The summed E-state index contributed by atoms with van der Waals surface area (Å²) in [6.45, 7) is 10.2. The Morgan fingerprint density at radius 2 is 1.56 bits per heavy atom. The molecule has 2 saturated heterocycles. The summed E-state index contributed by atoms with van der Waals surface area (Å²) < 4.78 is 0. The van der Waals surface area contributed by atoms with Gasteiger partial charge in [0.25, 0.3) is 0 Å². The van der Waals surface area contributed by atoms with Crippen molar-refractivity contribution in [1.82, 2.24) is 24.9 Å². The predicted octanol–water partition coefficient (Wildman–Crippen LogP) is 2.31. The lowest BCUT2D eigenvalue weighted by Crippen LogP contribution is -2.30. The first kappa shape index (κ1) is 16.4. The molecular weight excluding hydrogens is 338 g/mol. The molecule has 0 amide bonds. The molecule has 0 saturated carbocycles. The minimum atomic E-state index is 0.627. The van der Waals surface area contributed by atoms with Crippen LogP contribution in [0.2, 0.25) is 0 Å². The van der Waals surface area contributed by atoms with Gasteiger partial charge in [-0.25, -0.2) is 24.9 Å². The molecule has 0 aliphatic carbocycles. The van der Waals surface area contributed by atoms with E-state index in [9.17, 15) is 0 Å². The number of rotatable bonds is 2. The van der Waals surface area contributed by atoms with Gasteiger partial charge in [0.2, 0.25) is 0 Å². The van der Waals surface area contributed by atoms with Gasteiger partial charge in [0.05, 0.1) is 5.39 Å². The minimum absolute atomic E-state index is 0.627. The van der Waals surface area contributed by atoms with Crippen molar-refractivity contribution in [3.8, 4) is 0 Å². The molecule has 3 aromatic heterocycles. The third-order valence-corrected chi connectivity index (χ3v) is 5.96. The normalized spacial score (nSPS) is 21.9. The predicted molar refractivity (Wildman–Crippen MR) is 105 cm³/mol. The van der Waals surface area contributed by atoms with Gasteiger partial charge in [0.1, 0.15) is 23.8 Å². The van der Waals surface area contributed by atoms with Crippen LogP contribution in [-0.2, 0) is 0 Å². The van der Waals surface area contributed by atoms with Gasteiger partial charge in [-0.05, 0) is 32.9 Å². The van der Waals surface area contributed by atoms with Crippen LogP contribution in [0.3, 0.4) is 0 Å². The van der Waals surface area contributed by atoms with Crippen LogP contribution < -0.4 is 9.80 Å². The van der Waals surface area contributed by atoms with Crippen molar-refractivity contribution in [2.75, 3.05) is 36.0 Å². The van der Waals surface area contributed by atoms with E-state index in [0.717, 1.165) is 60.4 Å². The lowest BCUT2D eigenvalue weighted by molar-refractivity contribution is 0.533. The third kappa shape index (κ3) is 2.69. The van der Waals surface area contributed by atoms with Crippen LogP contribution >= 0.6 is 0 Å². The fourth-order valence-electron chi connectivity index (χ4n) is 4.48. The molecule has 7 heteroatoms. The first-order valence-electron chi connectivity index (χ1n) is 9.47. The van der Waals surface area contributed by atoms with E-state index in [4.69, 9.17) is 4.98 Å². The van der Waals surface area contributed by atoms with Gasteiger partial charge in [-0.1, -0.05) is 0 Å². The topological polar surface area (TPSA) is 70.9 Å². The number of anilines is 2. The number of aromatic nitrogens is 5. The van der Waals surface area contributed by atoms with Gasteiger partial charge in [0, 0.05) is 55.5 Å².